The molecule has 0 aliphatic heterocycles. The van der Waals surface area contributed by atoms with Crippen molar-refractivity contribution in [1.29, 1.82) is 0 Å². The number of ether oxygens (including phenoxy) is 1. The monoisotopic (exact) mass is 472 g/mol. The molecule has 0 unspecified atom stereocenters. The van der Waals surface area contributed by atoms with Gasteiger partial charge in [0.25, 0.3) is 5.91 Å². The largest absolute Gasteiger partial charge is 0.444 e. The number of nitrogens with zero attached hydrogens (tertiary/aromatic N) is 1. The molecule has 2 aromatic rings. The van der Waals surface area contributed by atoms with E-state index in [9.17, 15) is 18.0 Å². The third-order valence-corrected chi connectivity index (χ3v) is 6.62. The van der Waals surface area contributed by atoms with Crippen LogP contribution in [0.4, 0.5) is 10.5 Å². The molecule has 3 rings (SSSR count). The number of alkyl carbamates (subject to hydrolysis) is 1. The van der Waals surface area contributed by atoms with Crippen molar-refractivity contribution in [1.82, 2.24) is 5.32 Å². The maximum atomic E-state index is 13.8. The first-order valence-corrected chi connectivity index (χ1v) is 13.0. The Bertz CT molecular complexity index is 1080. The van der Waals surface area contributed by atoms with Crippen LogP contribution in [0.5, 0.6) is 0 Å². The number of anilines is 1. The minimum Gasteiger partial charge on any atom is -0.444 e. The molecule has 178 valence electrons. The third-order valence-electron chi connectivity index (χ3n) is 5.58. The van der Waals surface area contributed by atoms with Gasteiger partial charge in [-0.2, -0.15) is 0 Å². The summed E-state index contributed by atoms with van der Waals surface area (Å²) in [7, 11) is -3.96. The van der Waals surface area contributed by atoms with Crippen LogP contribution in [0.2, 0.25) is 0 Å². The fourth-order valence-electron chi connectivity index (χ4n) is 4.12. The van der Waals surface area contributed by atoms with Crippen LogP contribution in [0.25, 0.3) is 11.1 Å². The first-order valence-electron chi connectivity index (χ1n) is 11.1. The number of rotatable bonds is 5. The van der Waals surface area contributed by atoms with Gasteiger partial charge in [0.1, 0.15) is 11.1 Å². The summed E-state index contributed by atoms with van der Waals surface area (Å²) in [5, 5.41) is 2.73. The van der Waals surface area contributed by atoms with Crippen molar-refractivity contribution in [3.8, 4) is 11.1 Å². The smallest absolute Gasteiger partial charge is 0.408 e. The molecule has 1 N–H and O–H groups in total. The molecule has 0 heterocycles. The van der Waals surface area contributed by atoms with Gasteiger partial charge in [0.05, 0.1) is 11.9 Å². The Morgan fingerprint density at radius 1 is 0.909 bits per heavy atom. The highest BCUT2D eigenvalue weighted by Gasteiger charge is 2.47. The van der Waals surface area contributed by atoms with Crippen LogP contribution in [0.15, 0.2) is 54.6 Å². The quantitative estimate of drug-likeness (QED) is 0.670. The molecule has 2 aromatic carbocycles. The average Bonchev–Trinajstić information content (AvgIpc) is 2.73. The number of sulfonamides is 1. The summed E-state index contributed by atoms with van der Waals surface area (Å²) in [4.78, 5) is 26.4. The maximum absolute atomic E-state index is 13.8. The van der Waals surface area contributed by atoms with E-state index < -0.39 is 33.2 Å². The zero-order chi connectivity index (χ0) is 24.3. The first kappa shape index (κ1) is 24.8. The number of hydrogen-bond acceptors (Lipinski definition) is 5. The first-order chi connectivity index (χ1) is 15.4. The van der Waals surface area contributed by atoms with Crippen LogP contribution in [0.1, 0.15) is 52.9 Å². The van der Waals surface area contributed by atoms with Crippen molar-refractivity contribution < 1.29 is 22.7 Å². The number of carbonyl (C=O) groups excluding carboxylic acids is 2. The van der Waals surface area contributed by atoms with Gasteiger partial charge in [-0.1, -0.05) is 61.7 Å². The van der Waals surface area contributed by atoms with E-state index in [1.54, 1.807) is 45.0 Å². The van der Waals surface area contributed by atoms with Crippen LogP contribution < -0.4 is 9.62 Å². The number of amides is 2. The molecule has 0 radical (unpaired) electrons. The van der Waals surface area contributed by atoms with E-state index in [4.69, 9.17) is 4.74 Å². The summed E-state index contributed by atoms with van der Waals surface area (Å²) in [6.07, 6.45) is 3.28. The SMILES string of the molecule is CC(C)(C)OC(=O)NC1(C(=O)N(c2ccc(-c3ccccc3)cc2)S(C)(=O)=O)CCCCC1. The predicted molar refractivity (Wildman–Crippen MR) is 129 cm³/mol. The van der Waals surface area contributed by atoms with Crippen LogP contribution in [-0.2, 0) is 19.6 Å². The predicted octanol–water partition coefficient (Wildman–Crippen LogP) is 4.87. The minimum absolute atomic E-state index is 0.234. The van der Waals surface area contributed by atoms with E-state index >= 15 is 0 Å². The molecule has 1 fully saturated rings. The molecule has 7 nitrogen and oxygen atoms in total. The second-order valence-electron chi connectivity index (χ2n) is 9.52. The number of carbonyl (C=O) groups is 2. The number of hydrogen-bond donors (Lipinski definition) is 1. The summed E-state index contributed by atoms with van der Waals surface area (Å²) in [5.41, 5.74) is 0.0309. The Hall–Kier alpha value is -2.87. The van der Waals surface area contributed by atoms with Gasteiger partial charge in [-0.3, -0.25) is 4.79 Å². The molecule has 33 heavy (non-hydrogen) atoms. The zero-order valence-electron chi connectivity index (χ0n) is 19.6. The topological polar surface area (TPSA) is 92.8 Å². The average molecular weight is 473 g/mol. The molecule has 0 spiro atoms. The van der Waals surface area contributed by atoms with Gasteiger partial charge in [-0.05, 0) is 56.9 Å². The lowest BCUT2D eigenvalue weighted by Crippen LogP contribution is -2.62. The number of benzene rings is 2. The fraction of sp³-hybridized carbons (Fsp3) is 0.440. The Morgan fingerprint density at radius 2 is 1.45 bits per heavy atom. The third kappa shape index (κ3) is 6.13. The van der Waals surface area contributed by atoms with E-state index in [1.165, 1.54) is 0 Å². The zero-order valence-corrected chi connectivity index (χ0v) is 20.4. The van der Waals surface area contributed by atoms with Gasteiger partial charge in [0, 0.05) is 0 Å². The Kier molecular flexibility index (Phi) is 7.17. The molecule has 0 aromatic heterocycles. The van der Waals surface area contributed by atoms with Gasteiger partial charge >= 0.3 is 6.09 Å². The normalized spacial score (nSPS) is 16.0. The van der Waals surface area contributed by atoms with Crippen LogP contribution in [0, 0.1) is 0 Å². The van der Waals surface area contributed by atoms with E-state index in [-0.39, 0.29) is 5.69 Å². The lowest BCUT2D eigenvalue weighted by atomic mass is 9.81. The highest BCUT2D eigenvalue weighted by molar-refractivity contribution is 7.92. The summed E-state index contributed by atoms with van der Waals surface area (Å²) in [6.45, 7) is 5.21. The molecule has 1 aliphatic carbocycles. The molecular weight excluding hydrogens is 440 g/mol. The van der Waals surface area contributed by atoms with E-state index in [1.807, 2.05) is 30.3 Å². The number of nitrogens with one attached hydrogen (secondary N) is 1. The van der Waals surface area contributed by atoms with Gasteiger partial charge in [0.2, 0.25) is 10.0 Å². The van der Waals surface area contributed by atoms with Crippen LogP contribution >= 0.6 is 0 Å². The van der Waals surface area contributed by atoms with Crippen molar-refractivity contribution >= 4 is 27.7 Å². The highest BCUT2D eigenvalue weighted by atomic mass is 32.2. The van der Waals surface area contributed by atoms with Crippen molar-refractivity contribution in [2.24, 2.45) is 0 Å². The standard InChI is InChI=1S/C25H32N2O5S/c1-24(2,3)32-23(29)26-25(17-9-6-10-18-25)22(28)27(33(4,30)31)21-15-13-20(14-16-21)19-11-7-5-8-12-19/h5,7-8,11-16H,6,9-10,17-18H2,1-4H3,(H,26,29). The summed E-state index contributed by atoms with van der Waals surface area (Å²) in [5.74, 6) is -0.664. The van der Waals surface area contributed by atoms with Crippen molar-refractivity contribution in [3.05, 3.63) is 54.6 Å². The second kappa shape index (κ2) is 9.55. The van der Waals surface area contributed by atoms with E-state index in [0.29, 0.717) is 25.7 Å². The lowest BCUT2D eigenvalue weighted by Gasteiger charge is -2.39. The van der Waals surface area contributed by atoms with Crippen LogP contribution in [0.3, 0.4) is 0 Å². The van der Waals surface area contributed by atoms with Crippen molar-refractivity contribution in [2.45, 2.75) is 64.0 Å². The molecule has 1 saturated carbocycles. The summed E-state index contributed by atoms with van der Waals surface area (Å²) in [6, 6.07) is 16.5. The molecule has 0 atom stereocenters. The molecule has 2 amide bonds. The molecular formula is C25H32N2O5S. The van der Waals surface area contributed by atoms with Gasteiger partial charge in [-0.25, -0.2) is 17.5 Å². The van der Waals surface area contributed by atoms with Crippen LogP contribution in [-0.4, -0.2) is 37.8 Å². The Morgan fingerprint density at radius 3 is 1.97 bits per heavy atom. The van der Waals surface area contributed by atoms with Gasteiger partial charge < -0.3 is 10.1 Å². The molecule has 1 aliphatic rings. The molecule has 0 bridgehead atoms. The Balaban J connectivity index is 1.96. The minimum atomic E-state index is -3.96. The van der Waals surface area contributed by atoms with Gasteiger partial charge in [-0.15, -0.1) is 0 Å². The van der Waals surface area contributed by atoms with Gasteiger partial charge in [0.15, 0.2) is 0 Å². The van der Waals surface area contributed by atoms with E-state index in [0.717, 1.165) is 28.1 Å². The summed E-state index contributed by atoms with van der Waals surface area (Å²) < 4.78 is 31.8. The Labute approximate surface area is 196 Å². The second-order valence-corrected chi connectivity index (χ2v) is 11.3. The van der Waals surface area contributed by atoms with E-state index in [2.05, 4.69) is 5.32 Å². The highest BCUT2D eigenvalue weighted by Crippen LogP contribution is 2.34. The lowest BCUT2D eigenvalue weighted by molar-refractivity contribution is -0.125. The maximum Gasteiger partial charge on any atom is 0.408 e. The summed E-state index contributed by atoms with van der Waals surface area (Å²) >= 11 is 0. The fourth-order valence-corrected chi connectivity index (χ4v) is 5.10. The molecule has 8 heteroatoms. The van der Waals surface area contributed by atoms with Crippen molar-refractivity contribution in [3.63, 3.8) is 0 Å². The molecule has 0 saturated heterocycles. The van der Waals surface area contributed by atoms with Crippen molar-refractivity contribution in [2.75, 3.05) is 10.6 Å².